The van der Waals surface area contributed by atoms with Crippen LogP contribution in [0.2, 0.25) is 0 Å². The third kappa shape index (κ3) is 7.54. The van der Waals surface area contributed by atoms with Gasteiger partial charge in [-0.15, -0.1) is 0 Å². The predicted molar refractivity (Wildman–Crippen MR) is 60.8 cm³/mol. The molecule has 1 nitrogen and oxygen atoms in total. The maximum absolute atomic E-state index is 3.70. The van der Waals surface area contributed by atoms with Gasteiger partial charge in [-0.25, -0.2) is 0 Å². The maximum Gasteiger partial charge on any atom is 0.00105 e. The lowest BCUT2D eigenvalue weighted by Gasteiger charge is -2.07. The van der Waals surface area contributed by atoms with Crippen molar-refractivity contribution in [3.8, 4) is 0 Å². The molecule has 1 N–H and O–H groups in total. The van der Waals surface area contributed by atoms with Gasteiger partial charge in [0, 0.05) is 6.04 Å². The minimum Gasteiger partial charge on any atom is -0.314 e. The summed E-state index contributed by atoms with van der Waals surface area (Å²) in [5.74, 6) is 0. The van der Waals surface area contributed by atoms with Gasteiger partial charge in [0.1, 0.15) is 0 Å². The van der Waals surface area contributed by atoms with E-state index in [1.54, 1.807) is 0 Å². The molecule has 0 spiro atoms. The monoisotopic (exact) mass is 179 g/mol. The largest absolute Gasteiger partial charge is 0.314 e. The van der Waals surface area contributed by atoms with Crippen molar-refractivity contribution in [1.82, 2.24) is 5.32 Å². The Morgan fingerprint density at radius 1 is 1.46 bits per heavy atom. The molecule has 0 amide bonds. The van der Waals surface area contributed by atoms with E-state index in [9.17, 15) is 0 Å². The molecule has 0 aliphatic rings. The molecule has 0 aliphatic carbocycles. The Balaban J connectivity index is 3.83. The van der Waals surface area contributed by atoms with Crippen molar-refractivity contribution in [3.63, 3.8) is 0 Å². The zero-order valence-corrected chi connectivity index (χ0v) is 9.01. The molecule has 0 unspecified atom stereocenters. The summed E-state index contributed by atoms with van der Waals surface area (Å²) < 4.78 is 0. The van der Waals surface area contributed by atoms with Crippen LogP contribution in [0.5, 0.6) is 0 Å². The second-order valence-electron chi connectivity index (χ2n) is 3.34. The van der Waals surface area contributed by atoms with Crippen LogP contribution in [0, 0.1) is 0 Å². The molecule has 0 radical (unpaired) electrons. The van der Waals surface area contributed by atoms with Gasteiger partial charge < -0.3 is 5.32 Å². The summed E-state index contributed by atoms with van der Waals surface area (Å²) >= 11 is 0. The summed E-state index contributed by atoms with van der Waals surface area (Å²) in [6.45, 7) is 11.1. The summed E-state index contributed by atoms with van der Waals surface area (Å²) in [4.78, 5) is 0. The Kier molecular flexibility index (Phi) is 7.32. The SMILES string of the molecule is C=C/C=C(\C=C/C)CCNC(C)C. The highest BCUT2D eigenvalue weighted by Gasteiger charge is 1.93. The summed E-state index contributed by atoms with van der Waals surface area (Å²) in [6, 6.07) is 0.565. The van der Waals surface area contributed by atoms with Crippen LogP contribution in [0.25, 0.3) is 0 Å². The van der Waals surface area contributed by atoms with Crippen LogP contribution in [0.1, 0.15) is 27.2 Å². The number of rotatable bonds is 6. The molecule has 0 rings (SSSR count). The summed E-state index contributed by atoms with van der Waals surface area (Å²) in [7, 11) is 0. The van der Waals surface area contributed by atoms with Gasteiger partial charge in [-0.3, -0.25) is 0 Å². The molecular formula is C12H21N. The topological polar surface area (TPSA) is 12.0 Å². The first-order chi connectivity index (χ1) is 6.20. The van der Waals surface area contributed by atoms with Gasteiger partial charge in [-0.1, -0.05) is 44.7 Å². The van der Waals surface area contributed by atoms with Gasteiger partial charge in [-0.2, -0.15) is 0 Å². The van der Waals surface area contributed by atoms with Crippen LogP contribution in [0.4, 0.5) is 0 Å². The van der Waals surface area contributed by atoms with Crippen LogP contribution in [-0.4, -0.2) is 12.6 Å². The molecule has 0 atom stereocenters. The Bertz CT molecular complexity index is 187. The first-order valence-corrected chi connectivity index (χ1v) is 4.88. The van der Waals surface area contributed by atoms with E-state index in [2.05, 4.69) is 44.0 Å². The normalized spacial score (nSPS) is 12.8. The highest BCUT2D eigenvalue weighted by atomic mass is 14.9. The van der Waals surface area contributed by atoms with Crippen LogP contribution in [0.3, 0.4) is 0 Å². The number of hydrogen-bond acceptors (Lipinski definition) is 1. The van der Waals surface area contributed by atoms with Gasteiger partial charge >= 0.3 is 0 Å². The van der Waals surface area contributed by atoms with Gasteiger partial charge in [-0.05, 0) is 25.5 Å². The Morgan fingerprint density at radius 2 is 2.15 bits per heavy atom. The van der Waals surface area contributed by atoms with E-state index in [1.165, 1.54) is 5.57 Å². The first kappa shape index (κ1) is 12.2. The maximum atomic E-state index is 3.70. The molecule has 0 saturated carbocycles. The molecule has 1 heteroatoms. The van der Waals surface area contributed by atoms with Crippen molar-refractivity contribution in [2.75, 3.05) is 6.54 Å². The van der Waals surface area contributed by atoms with E-state index in [0.717, 1.165) is 13.0 Å². The summed E-state index contributed by atoms with van der Waals surface area (Å²) in [6.07, 6.45) is 9.15. The number of nitrogens with one attached hydrogen (secondary N) is 1. The van der Waals surface area contributed by atoms with E-state index >= 15 is 0 Å². The summed E-state index contributed by atoms with van der Waals surface area (Å²) in [5, 5.41) is 3.38. The standard InChI is InChI=1S/C12H21N/c1-5-7-12(8-6-2)9-10-13-11(3)4/h5-8,11,13H,1,9-10H2,2-4H3/b8-6-,12-7+. The van der Waals surface area contributed by atoms with Gasteiger partial charge in [0.25, 0.3) is 0 Å². The van der Waals surface area contributed by atoms with Crippen molar-refractivity contribution in [3.05, 3.63) is 36.5 Å². The zero-order valence-electron chi connectivity index (χ0n) is 9.01. The van der Waals surface area contributed by atoms with Crippen molar-refractivity contribution < 1.29 is 0 Å². The predicted octanol–water partition coefficient (Wildman–Crippen LogP) is 3.06. The molecule has 0 heterocycles. The quantitative estimate of drug-likeness (QED) is 0.618. The van der Waals surface area contributed by atoms with E-state index in [0.29, 0.717) is 6.04 Å². The van der Waals surface area contributed by atoms with Crippen LogP contribution >= 0.6 is 0 Å². The first-order valence-electron chi connectivity index (χ1n) is 4.88. The molecule has 13 heavy (non-hydrogen) atoms. The summed E-state index contributed by atoms with van der Waals surface area (Å²) in [5.41, 5.74) is 1.32. The van der Waals surface area contributed by atoms with Gasteiger partial charge in [0.05, 0.1) is 0 Å². The molecule has 0 bridgehead atoms. The lowest BCUT2D eigenvalue weighted by molar-refractivity contribution is 0.591. The number of hydrogen-bond donors (Lipinski definition) is 1. The van der Waals surface area contributed by atoms with Crippen LogP contribution in [0.15, 0.2) is 36.5 Å². The molecule has 0 aromatic carbocycles. The van der Waals surface area contributed by atoms with Crippen molar-refractivity contribution in [2.24, 2.45) is 0 Å². The highest BCUT2D eigenvalue weighted by Crippen LogP contribution is 2.02. The van der Waals surface area contributed by atoms with Gasteiger partial charge in [0.2, 0.25) is 0 Å². The molecule has 0 aromatic rings. The van der Waals surface area contributed by atoms with Crippen LogP contribution < -0.4 is 5.32 Å². The average molecular weight is 179 g/mol. The minimum absolute atomic E-state index is 0.565. The molecule has 0 aliphatic heterocycles. The van der Waals surface area contributed by atoms with Crippen molar-refractivity contribution in [1.29, 1.82) is 0 Å². The fourth-order valence-corrected chi connectivity index (χ4v) is 1.09. The fraction of sp³-hybridized carbons (Fsp3) is 0.500. The van der Waals surface area contributed by atoms with E-state index in [4.69, 9.17) is 0 Å². The molecule has 0 aromatic heterocycles. The third-order valence-corrected chi connectivity index (χ3v) is 1.68. The van der Waals surface area contributed by atoms with E-state index in [1.807, 2.05) is 13.0 Å². The third-order valence-electron chi connectivity index (χ3n) is 1.68. The van der Waals surface area contributed by atoms with Gasteiger partial charge in [0.15, 0.2) is 0 Å². The van der Waals surface area contributed by atoms with E-state index < -0.39 is 0 Å². The highest BCUT2D eigenvalue weighted by molar-refractivity contribution is 5.22. The molecule has 0 saturated heterocycles. The van der Waals surface area contributed by atoms with E-state index in [-0.39, 0.29) is 0 Å². The zero-order chi connectivity index (χ0) is 10.1. The Morgan fingerprint density at radius 3 is 2.62 bits per heavy atom. The lowest BCUT2D eigenvalue weighted by Crippen LogP contribution is -2.23. The van der Waals surface area contributed by atoms with Crippen LogP contribution in [-0.2, 0) is 0 Å². The van der Waals surface area contributed by atoms with Crippen molar-refractivity contribution in [2.45, 2.75) is 33.2 Å². The number of allylic oxidation sites excluding steroid dienone is 4. The second kappa shape index (κ2) is 7.81. The molecule has 74 valence electrons. The Hall–Kier alpha value is -0.820. The second-order valence-corrected chi connectivity index (χ2v) is 3.34. The lowest BCUT2D eigenvalue weighted by atomic mass is 10.1. The van der Waals surface area contributed by atoms with Crippen molar-refractivity contribution >= 4 is 0 Å². The minimum atomic E-state index is 0.565. The molecular weight excluding hydrogens is 158 g/mol. The molecule has 0 fully saturated rings. The fourth-order valence-electron chi connectivity index (χ4n) is 1.09. The average Bonchev–Trinajstić information content (AvgIpc) is 2.04. The smallest absolute Gasteiger partial charge is 0.00105 e. The Labute approximate surface area is 82.2 Å².